The average Bonchev–Trinajstić information content (AvgIpc) is 2.85. The number of hydrogen-bond acceptors (Lipinski definition) is 3. The molecule has 0 unspecified atom stereocenters. The smallest absolute Gasteiger partial charge is 0.191 e. The van der Waals surface area contributed by atoms with Crippen molar-refractivity contribution >= 4 is 29.9 Å². The highest BCUT2D eigenvalue weighted by atomic mass is 127. The lowest BCUT2D eigenvalue weighted by Crippen LogP contribution is -2.38. The predicted octanol–water partition coefficient (Wildman–Crippen LogP) is 2.96. The molecule has 1 aromatic carbocycles. The topological polar surface area (TPSA) is 63.5 Å². The second-order valence-corrected chi connectivity index (χ2v) is 5.92. The molecule has 0 aliphatic carbocycles. The van der Waals surface area contributed by atoms with Crippen LogP contribution >= 0.6 is 24.0 Å². The van der Waals surface area contributed by atoms with Crippen molar-refractivity contribution in [3.63, 3.8) is 0 Å². The van der Waals surface area contributed by atoms with E-state index in [1.165, 1.54) is 11.3 Å². The summed E-state index contributed by atoms with van der Waals surface area (Å²) in [6, 6.07) is 8.06. The Morgan fingerprint density at radius 2 is 1.96 bits per heavy atom. The van der Waals surface area contributed by atoms with Crippen molar-refractivity contribution in [2.24, 2.45) is 12.0 Å². The number of aromatic nitrogens is 2. The third-order valence-corrected chi connectivity index (χ3v) is 4.27. The summed E-state index contributed by atoms with van der Waals surface area (Å²) in [5, 5.41) is 11.2. The Morgan fingerprint density at radius 1 is 1.23 bits per heavy atom. The van der Waals surface area contributed by atoms with Gasteiger partial charge in [-0.1, -0.05) is 18.2 Å². The van der Waals surface area contributed by atoms with Crippen molar-refractivity contribution in [3.8, 4) is 5.75 Å². The number of nitrogens with one attached hydrogen (secondary N) is 2. The summed E-state index contributed by atoms with van der Waals surface area (Å²) in [6.45, 7) is 8.29. The minimum absolute atomic E-state index is 0. The van der Waals surface area contributed by atoms with Gasteiger partial charge in [0.05, 0.1) is 12.3 Å². The molecule has 0 fully saturated rings. The van der Waals surface area contributed by atoms with Crippen molar-refractivity contribution in [3.05, 3.63) is 46.8 Å². The lowest BCUT2D eigenvalue weighted by atomic mass is 10.1. The molecule has 0 bridgehead atoms. The molecule has 0 saturated carbocycles. The van der Waals surface area contributed by atoms with E-state index in [0.717, 1.165) is 35.9 Å². The van der Waals surface area contributed by atoms with Crippen LogP contribution in [0.1, 0.15) is 29.4 Å². The second-order valence-electron chi connectivity index (χ2n) is 5.92. The third-order valence-electron chi connectivity index (χ3n) is 4.27. The molecule has 7 heteroatoms. The fourth-order valence-corrected chi connectivity index (χ4v) is 2.83. The zero-order valence-corrected chi connectivity index (χ0v) is 18.6. The van der Waals surface area contributed by atoms with E-state index in [0.29, 0.717) is 13.2 Å². The lowest BCUT2D eigenvalue weighted by Gasteiger charge is -2.14. The molecule has 0 radical (unpaired) electrons. The number of ether oxygens (including phenoxy) is 1. The molecule has 0 aliphatic rings. The summed E-state index contributed by atoms with van der Waals surface area (Å²) in [5.74, 6) is 1.69. The molecular weight excluding hydrogens is 441 g/mol. The zero-order chi connectivity index (χ0) is 18.2. The Bertz CT molecular complexity index is 727. The quantitative estimate of drug-likeness (QED) is 0.371. The van der Waals surface area contributed by atoms with E-state index in [1.54, 1.807) is 7.05 Å². The zero-order valence-electron chi connectivity index (χ0n) is 16.3. The van der Waals surface area contributed by atoms with Crippen LogP contribution in [0.2, 0.25) is 0 Å². The van der Waals surface area contributed by atoms with Crippen LogP contribution in [-0.2, 0) is 20.0 Å². The highest BCUT2D eigenvalue weighted by Crippen LogP contribution is 2.17. The van der Waals surface area contributed by atoms with Crippen molar-refractivity contribution in [1.82, 2.24) is 20.4 Å². The molecule has 2 aromatic rings. The molecule has 0 amide bonds. The SMILES string of the molecule is CCOc1ccccc1CNC(=NC)NCCc1c(C)nn(C)c1C.I. The van der Waals surface area contributed by atoms with Crippen LogP contribution in [0.3, 0.4) is 0 Å². The van der Waals surface area contributed by atoms with E-state index in [4.69, 9.17) is 4.74 Å². The van der Waals surface area contributed by atoms with Gasteiger partial charge in [0, 0.05) is 38.4 Å². The number of para-hydroxylation sites is 1. The van der Waals surface area contributed by atoms with Crippen molar-refractivity contribution in [1.29, 1.82) is 0 Å². The van der Waals surface area contributed by atoms with E-state index in [1.807, 2.05) is 36.9 Å². The monoisotopic (exact) mass is 471 g/mol. The number of hydrogen-bond donors (Lipinski definition) is 2. The number of aliphatic imine (C=N–C) groups is 1. The molecule has 1 aromatic heterocycles. The number of benzene rings is 1. The summed E-state index contributed by atoms with van der Waals surface area (Å²) in [7, 11) is 3.76. The van der Waals surface area contributed by atoms with Gasteiger partial charge in [-0.05, 0) is 38.8 Å². The Hall–Kier alpha value is -1.77. The van der Waals surface area contributed by atoms with Crippen molar-refractivity contribution < 1.29 is 4.74 Å². The van der Waals surface area contributed by atoms with Gasteiger partial charge in [0.2, 0.25) is 0 Å². The highest BCUT2D eigenvalue weighted by Gasteiger charge is 2.09. The van der Waals surface area contributed by atoms with E-state index in [2.05, 4.69) is 40.6 Å². The van der Waals surface area contributed by atoms with Gasteiger partial charge in [0.25, 0.3) is 0 Å². The first-order valence-electron chi connectivity index (χ1n) is 8.71. The predicted molar refractivity (Wildman–Crippen MR) is 118 cm³/mol. The molecule has 0 saturated heterocycles. The largest absolute Gasteiger partial charge is 0.494 e. The van der Waals surface area contributed by atoms with Gasteiger partial charge >= 0.3 is 0 Å². The maximum atomic E-state index is 5.66. The van der Waals surface area contributed by atoms with E-state index < -0.39 is 0 Å². The number of nitrogens with zero attached hydrogens (tertiary/aromatic N) is 3. The van der Waals surface area contributed by atoms with Crippen LogP contribution in [0.15, 0.2) is 29.3 Å². The van der Waals surface area contributed by atoms with Gasteiger partial charge in [-0.25, -0.2) is 0 Å². The van der Waals surface area contributed by atoms with Gasteiger partial charge in [-0.2, -0.15) is 5.10 Å². The molecule has 0 atom stereocenters. The van der Waals surface area contributed by atoms with Crippen LogP contribution < -0.4 is 15.4 Å². The van der Waals surface area contributed by atoms with Crippen LogP contribution in [-0.4, -0.2) is 35.9 Å². The van der Waals surface area contributed by atoms with Crippen molar-refractivity contribution in [2.75, 3.05) is 20.2 Å². The number of halogens is 1. The van der Waals surface area contributed by atoms with E-state index in [9.17, 15) is 0 Å². The molecule has 6 nitrogen and oxygen atoms in total. The molecule has 26 heavy (non-hydrogen) atoms. The Morgan fingerprint density at radius 3 is 2.58 bits per heavy atom. The first-order chi connectivity index (χ1) is 12.1. The normalized spacial score (nSPS) is 11.0. The second kappa shape index (κ2) is 11.1. The Kier molecular flexibility index (Phi) is 9.47. The molecule has 2 N–H and O–H groups in total. The summed E-state index contributed by atoms with van der Waals surface area (Å²) in [5.41, 5.74) is 4.72. The van der Waals surface area contributed by atoms with Gasteiger partial charge in [0.1, 0.15) is 5.75 Å². The number of guanidine groups is 1. The third kappa shape index (κ3) is 5.89. The summed E-state index contributed by atoms with van der Waals surface area (Å²) < 4.78 is 7.59. The molecular formula is C19H30IN5O. The summed E-state index contributed by atoms with van der Waals surface area (Å²) >= 11 is 0. The van der Waals surface area contributed by atoms with Crippen LogP contribution in [0.25, 0.3) is 0 Å². The summed E-state index contributed by atoms with van der Waals surface area (Å²) in [6.07, 6.45) is 0.918. The van der Waals surface area contributed by atoms with Gasteiger partial charge in [-0.3, -0.25) is 9.67 Å². The minimum atomic E-state index is 0. The Labute approximate surface area is 173 Å². The van der Waals surface area contributed by atoms with Crippen LogP contribution in [0, 0.1) is 13.8 Å². The maximum absolute atomic E-state index is 5.66. The molecule has 0 aliphatic heterocycles. The van der Waals surface area contributed by atoms with Crippen LogP contribution in [0.4, 0.5) is 0 Å². The average molecular weight is 471 g/mol. The standard InChI is InChI=1S/C19H29N5O.HI/c1-6-25-18-10-8-7-9-16(18)13-22-19(20-4)21-12-11-17-14(2)23-24(5)15(17)3;/h7-10H,6,11-13H2,1-5H3,(H2,20,21,22);1H. The molecule has 1 heterocycles. The van der Waals surface area contributed by atoms with Crippen LogP contribution in [0.5, 0.6) is 5.75 Å². The molecule has 2 rings (SSSR count). The van der Waals surface area contributed by atoms with E-state index in [-0.39, 0.29) is 24.0 Å². The maximum Gasteiger partial charge on any atom is 0.191 e. The van der Waals surface area contributed by atoms with Crippen molar-refractivity contribution in [2.45, 2.75) is 33.7 Å². The van der Waals surface area contributed by atoms with Gasteiger partial charge < -0.3 is 15.4 Å². The highest BCUT2D eigenvalue weighted by molar-refractivity contribution is 14.0. The first kappa shape index (κ1) is 22.3. The summed E-state index contributed by atoms with van der Waals surface area (Å²) in [4.78, 5) is 4.29. The fraction of sp³-hybridized carbons (Fsp3) is 0.474. The fourth-order valence-electron chi connectivity index (χ4n) is 2.83. The minimum Gasteiger partial charge on any atom is -0.494 e. The lowest BCUT2D eigenvalue weighted by molar-refractivity contribution is 0.336. The van der Waals surface area contributed by atoms with Gasteiger partial charge in [0.15, 0.2) is 5.96 Å². The van der Waals surface area contributed by atoms with E-state index >= 15 is 0 Å². The molecule has 0 spiro atoms. The van der Waals surface area contributed by atoms with Gasteiger partial charge in [-0.15, -0.1) is 24.0 Å². The number of aryl methyl sites for hydroxylation is 2. The Balaban J connectivity index is 0.00000338. The number of rotatable bonds is 7. The first-order valence-corrected chi connectivity index (χ1v) is 8.71. The molecule has 144 valence electrons.